The fraction of sp³-hybridized carbons (Fsp3) is 0.906. The molecule has 554 valence electrons. The standard InChI is InChI=1S/C53H88N4O39/c1-13(64)54-25-35(76)31(72)19(7-59)87-48(25)91-41-23(11-63)90-50(38(79)37(41)78)92-40-22(10-62)89-49(26(36(40)77)55-14(2)65)93-43-28(57-16(4)67)47(86-20(8-60)32(43)73)84-12-24-34(75)42(27(46(81)85-24)56-15(3)66)94-51-39(80)45(33(74)21(9-61)88-51)96-53(52(82)83)5-17(68)29(70)44(95-53)30(71)18(69)6-58/h17-51,58-63,68-81H,5-12H2,1-4H3,(H,54,64)(H,55,65)(H,56,66)(H,57,67)(H,82,83)/t17-,18+,19+,20+,21+,22+,23+,24+,25+,26+,27+,28+,29+,30+,31+,32+,33-,34-,35+,36+,37+,38+,39+,40+,41-,42+,43+,44+,45-,46-,47+,48+,49-,50-,51-,53-/m0/s1. The average Bonchev–Trinajstić information content (AvgIpc) is 0.777. The van der Waals surface area contributed by atoms with Gasteiger partial charge >= 0.3 is 5.97 Å². The summed E-state index contributed by atoms with van der Waals surface area (Å²) < 4.78 is 75.3. The lowest BCUT2D eigenvalue weighted by Gasteiger charge is -2.51. The molecular formula is C53H88N4O39. The van der Waals surface area contributed by atoms with Crippen LogP contribution in [0.4, 0.5) is 0 Å². The summed E-state index contributed by atoms with van der Waals surface area (Å²) >= 11 is 0. The molecule has 0 saturated carbocycles. The first-order chi connectivity index (χ1) is 45.2. The summed E-state index contributed by atoms with van der Waals surface area (Å²) in [6.45, 7) is -3.45. The number of hydrogen-bond acceptors (Lipinski definition) is 38. The van der Waals surface area contributed by atoms with E-state index in [0.29, 0.717) is 0 Å². The van der Waals surface area contributed by atoms with Gasteiger partial charge in [0.15, 0.2) is 37.7 Å². The molecule has 36 atom stereocenters. The number of aliphatic hydroxyl groups excluding tert-OH is 20. The molecule has 96 heavy (non-hydrogen) atoms. The van der Waals surface area contributed by atoms with Gasteiger partial charge in [-0.1, -0.05) is 0 Å². The lowest BCUT2D eigenvalue weighted by atomic mass is 9.90. The Labute approximate surface area is 543 Å². The van der Waals surface area contributed by atoms with Crippen molar-refractivity contribution in [1.82, 2.24) is 21.3 Å². The van der Waals surface area contributed by atoms with Crippen LogP contribution in [0.15, 0.2) is 0 Å². The van der Waals surface area contributed by atoms with E-state index in [1.165, 1.54) is 0 Å². The second-order valence-corrected chi connectivity index (χ2v) is 24.0. The summed E-state index contributed by atoms with van der Waals surface area (Å²) in [5, 5.41) is 238. The van der Waals surface area contributed by atoms with E-state index in [-0.39, 0.29) is 0 Å². The topological polar surface area (TPSA) is 678 Å². The fourth-order valence-corrected chi connectivity index (χ4v) is 12.2. The van der Waals surface area contributed by atoms with Crippen LogP contribution in [0.5, 0.6) is 0 Å². The Morgan fingerprint density at radius 2 is 0.833 bits per heavy atom. The molecule has 0 aromatic rings. The number of carboxylic acids is 1. The zero-order chi connectivity index (χ0) is 71.3. The molecule has 7 rings (SSSR count). The lowest BCUT2D eigenvalue weighted by molar-refractivity contribution is -0.386. The normalized spacial score (nSPS) is 46.0. The zero-order valence-corrected chi connectivity index (χ0v) is 51.6. The van der Waals surface area contributed by atoms with Crippen molar-refractivity contribution in [2.75, 3.05) is 46.2 Å². The van der Waals surface area contributed by atoms with Crippen LogP contribution in [-0.2, 0) is 85.6 Å². The maximum atomic E-state index is 13.0. The van der Waals surface area contributed by atoms with Crippen molar-refractivity contribution in [3.8, 4) is 0 Å². The summed E-state index contributed by atoms with van der Waals surface area (Å²) in [5.74, 6) is -8.82. The van der Waals surface area contributed by atoms with E-state index in [4.69, 9.17) is 61.6 Å². The second-order valence-electron chi connectivity index (χ2n) is 24.0. The number of hydrogen-bond donors (Lipinski definition) is 25. The molecule has 43 heteroatoms. The van der Waals surface area contributed by atoms with E-state index in [1.807, 2.05) is 0 Å². The maximum absolute atomic E-state index is 13.0. The van der Waals surface area contributed by atoms with E-state index >= 15 is 0 Å². The van der Waals surface area contributed by atoms with Crippen LogP contribution in [0.2, 0.25) is 0 Å². The molecule has 0 unspecified atom stereocenters. The smallest absolute Gasteiger partial charge is 0.364 e. The molecule has 43 nitrogen and oxygen atoms in total. The SMILES string of the molecule is CC(=O)N[C@@H]1[C@@H](O[C@@H]2O[C@H](CO)[C@H](O)[C@H](O[C@]3(C(=O)O)C[C@H](O)[C@@H](O)[C@H]([C@H](O)[C@H](O)CO)O3)[C@H]2O)[C@@H](O)[C@@H](CO[C@@H]2O[C@H](CO)[C@@H](O)[C@H](O[C@@H]3O[C@H](CO)[C@@H](O[C@@H]4O[C@H](CO)[C@H](O[C@H]5O[C@H](CO)[C@@H](O)[C@H](O)[C@H]5NC(C)=O)[C@H](O)[C@H]4O)[C@H](O)[C@H]3NC(C)=O)[C@H]2NC(C)=O)O[C@@H]1O. The van der Waals surface area contributed by atoms with Crippen LogP contribution < -0.4 is 21.3 Å². The van der Waals surface area contributed by atoms with Crippen molar-refractivity contribution in [1.29, 1.82) is 0 Å². The van der Waals surface area contributed by atoms with Crippen molar-refractivity contribution >= 4 is 29.6 Å². The molecule has 7 aliphatic rings. The van der Waals surface area contributed by atoms with Crippen LogP contribution in [-0.4, -0.2) is 403 Å². The third-order valence-corrected chi connectivity index (χ3v) is 17.1. The summed E-state index contributed by atoms with van der Waals surface area (Å²) in [6.07, 6.45) is -64.2. The Balaban J connectivity index is 1.10. The summed E-state index contributed by atoms with van der Waals surface area (Å²) in [6, 6.07) is -7.08. The summed E-state index contributed by atoms with van der Waals surface area (Å²) in [7, 11) is 0. The quantitative estimate of drug-likeness (QED) is 0.0382. The molecule has 0 aromatic heterocycles. The van der Waals surface area contributed by atoms with Crippen molar-refractivity contribution in [3.63, 3.8) is 0 Å². The monoisotopic (exact) mass is 1400 g/mol. The number of aliphatic carboxylic acids is 1. The Hall–Kier alpha value is -3.97. The van der Waals surface area contributed by atoms with E-state index in [2.05, 4.69) is 21.3 Å². The predicted octanol–water partition coefficient (Wildman–Crippen LogP) is -16.5. The predicted molar refractivity (Wildman–Crippen MR) is 295 cm³/mol. The molecule has 4 amide bonds. The van der Waals surface area contributed by atoms with Gasteiger partial charge < -0.3 is 190 Å². The van der Waals surface area contributed by atoms with E-state index in [1.54, 1.807) is 0 Å². The molecule has 0 spiro atoms. The molecule has 7 heterocycles. The van der Waals surface area contributed by atoms with Gasteiger partial charge in [-0.3, -0.25) is 19.2 Å². The highest BCUT2D eigenvalue weighted by atomic mass is 16.8. The van der Waals surface area contributed by atoms with Crippen LogP contribution >= 0.6 is 0 Å². The third-order valence-electron chi connectivity index (χ3n) is 17.1. The molecule has 0 bridgehead atoms. The first-order valence-electron chi connectivity index (χ1n) is 30.2. The fourth-order valence-electron chi connectivity index (χ4n) is 12.2. The first-order valence-corrected chi connectivity index (χ1v) is 30.2. The Morgan fingerprint density at radius 3 is 1.36 bits per heavy atom. The maximum Gasteiger partial charge on any atom is 0.364 e. The van der Waals surface area contributed by atoms with Crippen molar-refractivity contribution in [2.45, 2.75) is 254 Å². The molecule has 0 aliphatic carbocycles. The first kappa shape index (κ1) is 79.4. The number of rotatable bonds is 26. The number of aliphatic hydroxyl groups is 20. The van der Waals surface area contributed by atoms with Gasteiger partial charge in [0, 0.05) is 34.1 Å². The van der Waals surface area contributed by atoms with Gasteiger partial charge in [0.05, 0.1) is 52.4 Å². The number of nitrogens with one attached hydrogen (secondary N) is 4. The van der Waals surface area contributed by atoms with Gasteiger partial charge in [0.2, 0.25) is 23.6 Å². The van der Waals surface area contributed by atoms with Gasteiger partial charge in [-0.05, 0) is 0 Å². The minimum Gasteiger partial charge on any atom is -0.477 e. The van der Waals surface area contributed by atoms with Crippen LogP contribution in [0, 0.1) is 0 Å². The second kappa shape index (κ2) is 34.1. The largest absolute Gasteiger partial charge is 0.477 e. The lowest BCUT2D eigenvalue weighted by Crippen LogP contribution is -2.71. The van der Waals surface area contributed by atoms with Gasteiger partial charge in [0.25, 0.3) is 5.79 Å². The van der Waals surface area contributed by atoms with Crippen molar-refractivity contribution in [3.05, 3.63) is 0 Å². The highest BCUT2D eigenvalue weighted by molar-refractivity contribution is 5.76. The molecule has 7 fully saturated rings. The van der Waals surface area contributed by atoms with Crippen molar-refractivity contribution < 1.29 is 193 Å². The number of amides is 4. The van der Waals surface area contributed by atoms with Gasteiger partial charge in [-0.2, -0.15) is 0 Å². The number of carbonyl (C=O) groups excluding carboxylic acids is 4. The molecule has 7 saturated heterocycles. The molecule has 25 N–H and O–H groups in total. The molecule has 0 aromatic carbocycles. The third kappa shape index (κ3) is 17.5. The highest BCUT2D eigenvalue weighted by Crippen LogP contribution is 2.40. The summed E-state index contributed by atoms with van der Waals surface area (Å²) in [5.41, 5.74) is 0. The van der Waals surface area contributed by atoms with E-state index < -0.39 is 303 Å². The average molecular weight is 1410 g/mol. The molecule has 0 radical (unpaired) electrons. The van der Waals surface area contributed by atoms with E-state index in [0.717, 1.165) is 27.7 Å². The Kier molecular flexibility index (Phi) is 28.2. The van der Waals surface area contributed by atoms with Crippen molar-refractivity contribution in [2.24, 2.45) is 0 Å². The number of carboxylic acid groups (broad SMARTS) is 1. The van der Waals surface area contributed by atoms with Crippen LogP contribution in [0.25, 0.3) is 0 Å². The number of carbonyl (C=O) groups is 5. The Morgan fingerprint density at radius 1 is 0.427 bits per heavy atom. The zero-order valence-electron chi connectivity index (χ0n) is 51.6. The minimum absolute atomic E-state index is 0.751. The molecule has 7 aliphatic heterocycles. The molecular weight excluding hydrogens is 1320 g/mol. The van der Waals surface area contributed by atoms with Crippen LogP contribution in [0.1, 0.15) is 34.1 Å². The number of ether oxygens (including phenoxy) is 13. The highest BCUT2D eigenvalue weighted by Gasteiger charge is 2.62. The summed E-state index contributed by atoms with van der Waals surface area (Å²) in [4.78, 5) is 63.4. The van der Waals surface area contributed by atoms with Gasteiger partial charge in [-0.25, -0.2) is 4.79 Å². The van der Waals surface area contributed by atoms with E-state index in [9.17, 15) is 131 Å². The van der Waals surface area contributed by atoms with Crippen LogP contribution in [0.3, 0.4) is 0 Å². The Bertz CT molecular complexity index is 2540. The minimum atomic E-state index is -3.24. The van der Waals surface area contributed by atoms with Gasteiger partial charge in [0.1, 0.15) is 171 Å². The van der Waals surface area contributed by atoms with Gasteiger partial charge in [-0.15, -0.1) is 0 Å².